The van der Waals surface area contributed by atoms with E-state index in [1.54, 1.807) is 0 Å². The van der Waals surface area contributed by atoms with Crippen LogP contribution in [0.15, 0.2) is 91.5 Å². The lowest BCUT2D eigenvalue weighted by Gasteiger charge is -2.23. The number of nitrogens with zero attached hydrogens (tertiary/aromatic N) is 4. The third kappa shape index (κ3) is 4.74. The molecule has 0 N–H and O–H groups in total. The maximum atomic E-state index is 2.54. The topological polar surface area (TPSA) is 17.6 Å². The summed E-state index contributed by atoms with van der Waals surface area (Å²) in [6.07, 6.45) is 9.23. The zero-order valence-electron chi connectivity index (χ0n) is 26.4. The Morgan fingerprint density at radius 2 is 0.905 bits per heavy atom. The maximum Gasteiger partial charge on any atom is 0.302 e. The van der Waals surface area contributed by atoms with Gasteiger partial charge in [0.1, 0.15) is 36.2 Å². The number of benzene rings is 3. The lowest BCUT2D eigenvalue weighted by atomic mass is 9.92. The predicted molar refractivity (Wildman–Crippen MR) is 176 cm³/mol. The number of rotatable bonds is 7. The second-order valence-electron chi connectivity index (χ2n) is 12.9. The molecule has 1 aliphatic heterocycles. The van der Waals surface area contributed by atoms with Gasteiger partial charge in [-0.3, -0.25) is 0 Å². The molecule has 0 atom stereocenters. The van der Waals surface area contributed by atoms with Crippen molar-refractivity contribution in [3.05, 3.63) is 114 Å². The molecule has 3 aromatic carbocycles. The quantitative estimate of drug-likeness (QED) is 0.145. The summed E-state index contributed by atoms with van der Waals surface area (Å²) >= 11 is 0. The summed E-state index contributed by atoms with van der Waals surface area (Å²) in [7, 11) is -0.888. The fourth-order valence-corrected chi connectivity index (χ4v) is 9.17. The van der Waals surface area contributed by atoms with Gasteiger partial charge < -0.3 is 0 Å². The highest BCUT2D eigenvalue weighted by Crippen LogP contribution is 2.38. The predicted octanol–water partition coefficient (Wildman–Crippen LogP) is 6.91. The molecule has 2 aromatic heterocycles. The average molecular weight is 577 g/mol. The lowest BCUT2D eigenvalue weighted by Crippen LogP contribution is -2.70. The fraction of sp³-hybridized carbons (Fsp3) is 0.351. The summed E-state index contributed by atoms with van der Waals surface area (Å²) in [5.41, 5.74) is 11.1. The molecule has 5 heteroatoms. The molecule has 216 valence electrons. The van der Waals surface area contributed by atoms with Crippen LogP contribution in [-0.4, -0.2) is 9.13 Å². The summed E-state index contributed by atoms with van der Waals surface area (Å²) in [4.78, 5) is 0. The highest BCUT2D eigenvalue weighted by atomic mass is 31.1. The van der Waals surface area contributed by atoms with E-state index in [1.807, 2.05) is 0 Å². The highest BCUT2D eigenvalue weighted by molar-refractivity contribution is 7.78. The summed E-state index contributed by atoms with van der Waals surface area (Å²) < 4.78 is 10.0. The number of hydrogen-bond acceptors (Lipinski definition) is 0. The molecule has 3 heterocycles. The van der Waals surface area contributed by atoms with Gasteiger partial charge in [0.05, 0.1) is 0 Å². The highest BCUT2D eigenvalue weighted by Gasteiger charge is 2.46. The summed E-state index contributed by atoms with van der Waals surface area (Å²) in [6, 6.07) is 25.0. The van der Waals surface area contributed by atoms with Gasteiger partial charge in [-0.05, 0) is 29.0 Å². The number of fused-ring (bicyclic) bond motifs is 2. The Morgan fingerprint density at radius 1 is 0.524 bits per heavy atom. The van der Waals surface area contributed by atoms with Crippen LogP contribution in [-0.2, 0) is 6.67 Å². The van der Waals surface area contributed by atoms with Gasteiger partial charge in [0.25, 0.3) is 0 Å². The van der Waals surface area contributed by atoms with Crippen LogP contribution < -0.4 is 25.6 Å². The summed E-state index contributed by atoms with van der Waals surface area (Å²) in [5, 5.41) is 1.37. The Kier molecular flexibility index (Phi) is 7.70. The van der Waals surface area contributed by atoms with Crippen LogP contribution in [0.3, 0.4) is 0 Å². The molecule has 5 aromatic rings. The zero-order chi connectivity index (χ0) is 29.7. The molecule has 0 unspecified atom stereocenters. The molecule has 6 rings (SSSR count). The van der Waals surface area contributed by atoms with Crippen LogP contribution >= 0.6 is 7.92 Å². The van der Waals surface area contributed by atoms with Crippen LogP contribution in [0.5, 0.6) is 0 Å². The Labute approximate surface area is 253 Å². The number of hydrogen-bond donors (Lipinski definition) is 0. The monoisotopic (exact) mass is 576 g/mol. The van der Waals surface area contributed by atoms with Crippen molar-refractivity contribution in [3.8, 4) is 11.4 Å². The molecule has 0 radical (unpaired) electrons. The maximum absolute atomic E-state index is 2.54. The van der Waals surface area contributed by atoms with Crippen LogP contribution in [0.1, 0.15) is 101 Å². The molecule has 0 spiro atoms. The first-order valence-corrected chi connectivity index (χ1v) is 16.9. The van der Waals surface area contributed by atoms with Crippen LogP contribution in [0, 0.1) is 0 Å². The van der Waals surface area contributed by atoms with Crippen molar-refractivity contribution >= 4 is 24.4 Å². The molecule has 0 saturated heterocycles. The minimum atomic E-state index is -0.888. The van der Waals surface area contributed by atoms with Crippen molar-refractivity contribution in [2.24, 2.45) is 0 Å². The third-order valence-electron chi connectivity index (χ3n) is 8.62. The molecular formula is C37H45N4P+2. The van der Waals surface area contributed by atoms with Crippen molar-refractivity contribution in [3.63, 3.8) is 0 Å². The largest absolute Gasteiger partial charge is 0.302 e. The molecule has 42 heavy (non-hydrogen) atoms. The first kappa shape index (κ1) is 28.6. The summed E-state index contributed by atoms with van der Waals surface area (Å²) in [6.45, 7) is 19.4. The minimum absolute atomic E-state index is 0.425. The van der Waals surface area contributed by atoms with Crippen LogP contribution in [0.2, 0.25) is 0 Å². The van der Waals surface area contributed by atoms with Gasteiger partial charge in [-0.2, -0.15) is 18.3 Å². The van der Waals surface area contributed by atoms with E-state index in [0.717, 1.165) is 6.67 Å². The van der Waals surface area contributed by atoms with Crippen LogP contribution in [0.25, 0.3) is 11.4 Å². The number of para-hydroxylation sites is 2. The van der Waals surface area contributed by atoms with Gasteiger partial charge in [-0.15, -0.1) is 0 Å². The zero-order valence-corrected chi connectivity index (χ0v) is 27.3. The Morgan fingerprint density at radius 3 is 1.26 bits per heavy atom. The van der Waals surface area contributed by atoms with Crippen molar-refractivity contribution in [1.82, 2.24) is 9.13 Å². The van der Waals surface area contributed by atoms with E-state index in [2.05, 4.69) is 165 Å². The molecule has 4 nitrogen and oxygen atoms in total. The second-order valence-corrected chi connectivity index (χ2v) is 14.9. The van der Waals surface area contributed by atoms with Crippen molar-refractivity contribution < 1.29 is 9.13 Å². The van der Waals surface area contributed by atoms with E-state index in [-0.39, 0.29) is 0 Å². The third-order valence-corrected chi connectivity index (χ3v) is 11.2. The first-order valence-electron chi connectivity index (χ1n) is 15.5. The van der Waals surface area contributed by atoms with Gasteiger partial charge in [-0.1, -0.05) is 122 Å². The molecule has 0 amide bonds. The van der Waals surface area contributed by atoms with Gasteiger partial charge in [0, 0.05) is 22.3 Å². The smallest absolute Gasteiger partial charge is 0.195 e. The number of imidazole rings is 2. The lowest BCUT2D eigenvalue weighted by molar-refractivity contribution is -0.900. The second kappa shape index (κ2) is 11.3. The summed E-state index contributed by atoms with van der Waals surface area (Å²) in [5.74, 6) is 1.70. The van der Waals surface area contributed by atoms with E-state index in [0.29, 0.717) is 23.7 Å². The van der Waals surface area contributed by atoms with Gasteiger partial charge in [-0.25, -0.2) is 0 Å². The van der Waals surface area contributed by atoms with E-state index in [9.17, 15) is 0 Å². The van der Waals surface area contributed by atoms with Crippen molar-refractivity contribution in [2.45, 2.75) is 85.7 Å². The minimum Gasteiger partial charge on any atom is -0.195 e. The van der Waals surface area contributed by atoms with Gasteiger partial charge in [0.2, 0.25) is 6.67 Å². The fourth-order valence-electron chi connectivity index (χ4n) is 6.52. The van der Waals surface area contributed by atoms with Gasteiger partial charge >= 0.3 is 11.1 Å². The van der Waals surface area contributed by atoms with E-state index in [1.165, 1.54) is 50.1 Å². The Balaban J connectivity index is 1.68. The van der Waals surface area contributed by atoms with E-state index in [4.69, 9.17) is 0 Å². The normalized spacial score (nSPS) is 13.4. The van der Waals surface area contributed by atoms with Gasteiger partial charge in [0.15, 0.2) is 7.92 Å². The molecule has 0 saturated carbocycles. The molecule has 0 fully saturated rings. The standard InChI is InChI=1S/C37H45N4P/c1-25(2)30-16-12-17-31(26(3)4)34(30)40-22-20-38-24-39-21-23-41(35-32(27(5)6)18-13-19-33(35)28(7)8)37(39)42(36(38)40)29-14-10-9-11-15-29/h9-23,25-28H,24H2,1-8H3/q+2. The first-order chi connectivity index (χ1) is 20.2. The molecule has 1 aliphatic rings. The molecule has 0 bridgehead atoms. The van der Waals surface area contributed by atoms with Crippen LogP contribution in [0.4, 0.5) is 0 Å². The SMILES string of the molecule is CC(C)c1cccc(C(C)C)c1-n1cc[n+]2c1P(c1ccccc1)c1n(-c3c(C(C)C)cccc3C(C)C)cc[n+]1C2. The van der Waals surface area contributed by atoms with E-state index < -0.39 is 7.92 Å². The number of aromatic nitrogens is 4. The average Bonchev–Trinajstić information content (AvgIpc) is 3.59. The Hall–Kier alpha value is -3.49. The molecule has 0 aliphatic carbocycles. The Bertz CT molecular complexity index is 1560. The van der Waals surface area contributed by atoms with Crippen molar-refractivity contribution in [2.75, 3.05) is 0 Å². The molecular weight excluding hydrogens is 531 g/mol. The van der Waals surface area contributed by atoms with E-state index >= 15 is 0 Å². The van der Waals surface area contributed by atoms with Crippen molar-refractivity contribution in [1.29, 1.82) is 0 Å².